The van der Waals surface area contributed by atoms with E-state index in [0.29, 0.717) is 38.9 Å². The van der Waals surface area contributed by atoms with Crippen LogP contribution in [-0.4, -0.2) is 39.3 Å². The molecule has 0 aliphatic rings. The fraction of sp³-hybridized carbons (Fsp3) is 0.120. The van der Waals surface area contributed by atoms with Crippen LogP contribution in [0, 0.1) is 0 Å². The molecule has 0 fully saturated rings. The number of carbonyl (C=O) groups excluding carboxylic acids is 1. The lowest BCUT2D eigenvalue weighted by Crippen LogP contribution is -2.28. The average molecular weight is 488 g/mol. The lowest BCUT2D eigenvalue weighted by atomic mass is 10.2. The molecule has 0 aliphatic carbocycles. The Kier molecular flexibility index (Phi) is 6.11. The van der Waals surface area contributed by atoms with Gasteiger partial charge in [-0.1, -0.05) is 42.1 Å². The molecular formula is C25H21N5O4S. The van der Waals surface area contributed by atoms with Crippen molar-refractivity contribution in [2.45, 2.75) is 16.5 Å². The molecule has 0 radical (unpaired) electrons. The monoisotopic (exact) mass is 487 g/mol. The van der Waals surface area contributed by atoms with E-state index in [0.717, 1.165) is 9.58 Å². The maximum absolute atomic E-state index is 13.3. The predicted octanol–water partition coefficient (Wildman–Crippen LogP) is 3.85. The number of hydrogen-bond acceptors (Lipinski definition) is 7. The number of fused-ring (bicyclic) bond motifs is 3. The Morgan fingerprint density at radius 3 is 2.54 bits per heavy atom. The van der Waals surface area contributed by atoms with Gasteiger partial charge in [0.1, 0.15) is 23.1 Å². The Labute approximate surface area is 204 Å². The first-order valence-corrected chi connectivity index (χ1v) is 11.5. The van der Waals surface area contributed by atoms with Gasteiger partial charge in [0.05, 0.1) is 30.9 Å². The predicted molar refractivity (Wildman–Crippen MR) is 133 cm³/mol. The van der Waals surface area contributed by atoms with Crippen molar-refractivity contribution >= 4 is 40.0 Å². The van der Waals surface area contributed by atoms with Crippen molar-refractivity contribution < 1.29 is 14.3 Å². The van der Waals surface area contributed by atoms with E-state index in [-0.39, 0.29) is 6.54 Å². The fourth-order valence-electron chi connectivity index (χ4n) is 3.67. The quantitative estimate of drug-likeness (QED) is 0.372. The number of anilines is 1. The van der Waals surface area contributed by atoms with Crippen LogP contribution in [0.15, 0.2) is 87.5 Å². The molecule has 5 rings (SSSR count). The summed E-state index contributed by atoms with van der Waals surface area (Å²) in [6.45, 7) is -0.278. The summed E-state index contributed by atoms with van der Waals surface area (Å²) in [5.74, 6) is 0.615. The second-order valence-electron chi connectivity index (χ2n) is 7.53. The van der Waals surface area contributed by atoms with Crippen molar-refractivity contribution in [1.82, 2.24) is 19.2 Å². The summed E-state index contributed by atoms with van der Waals surface area (Å²) in [6, 6.07) is 22.1. The van der Waals surface area contributed by atoms with Crippen molar-refractivity contribution in [3.05, 3.63) is 83.3 Å². The van der Waals surface area contributed by atoms with E-state index >= 15 is 0 Å². The van der Waals surface area contributed by atoms with Crippen LogP contribution in [0.1, 0.15) is 0 Å². The molecule has 2 aromatic heterocycles. The molecule has 0 spiro atoms. The second kappa shape index (κ2) is 9.51. The maximum Gasteiger partial charge on any atom is 0.351 e. The Hall–Kier alpha value is -4.31. The van der Waals surface area contributed by atoms with Gasteiger partial charge >= 0.3 is 5.69 Å². The number of amides is 1. The Balaban J connectivity index is 1.52. The van der Waals surface area contributed by atoms with Crippen LogP contribution in [-0.2, 0) is 11.3 Å². The Morgan fingerprint density at radius 1 is 1.00 bits per heavy atom. The summed E-state index contributed by atoms with van der Waals surface area (Å²) in [7, 11) is 3.05. The van der Waals surface area contributed by atoms with Crippen LogP contribution >= 0.6 is 11.8 Å². The van der Waals surface area contributed by atoms with Crippen molar-refractivity contribution in [3.8, 4) is 11.5 Å². The minimum Gasteiger partial charge on any atom is -0.497 e. The lowest BCUT2D eigenvalue weighted by Gasteiger charge is -2.11. The molecule has 3 aromatic carbocycles. The highest BCUT2D eigenvalue weighted by molar-refractivity contribution is 7.99. The fourth-order valence-corrected chi connectivity index (χ4v) is 4.55. The summed E-state index contributed by atoms with van der Waals surface area (Å²) in [5.41, 5.74) is 1.70. The molecule has 0 atom stereocenters. The summed E-state index contributed by atoms with van der Waals surface area (Å²) in [4.78, 5) is 31.9. The van der Waals surface area contributed by atoms with E-state index in [1.54, 1.807) is 25.3 Å². The highest BCUT2D eigenvalue weighted by Gasteiger charge is 2.19. The first-order valence-electron chi connectivity index (χ1n) is 10.7. The first-order chi connectivity index (χ1) is 17.1. The smallest absolute Gasteiger partial charge is 0.351 e. The molecule has 1 N–H and O–H groups in total. The van der Waals surface area contributed by atoms with Gasteiger partial charge in [-0.15, -0.1) is 5.10 Å². The van der Waals surface area contributed by atoms with Gasteiger partial charge in [0.15, 0.2) is 5.65 Å². The van der Waals surface area contributed by atoms with Crippen LogP contribution in [0.2, 0.25) is 0 Å². The maximum atomic E-state index is 13.3. The van der Waals surface area contributed by atoms with Gasteiger partial charge in [-0.05, 0) is 36.4 Å². The summed E-state index contributed by atoms with van der Waals surface area (Å²) >= 11 is 1.41. The van der Waals surface area contributed by atoms with Crippen LogP contribution in [0.25, 0.3) is 16.7 Å². The molecule has 176 valence electrons. The van der Waals surface area contributed by atoms with Crippen LogP contribution < -0.4 is 20.5 Å². The number of rotatable bonds is 7. The van der Waals surface area contributed by atoms with Crippen molar-refractivity contribution in [3.63, 3.8) is 0 Å². The molecule has 2 heterocycles. The molecule has 0 saturated carbocycles. The van der Waals surface area contributed by atoms with Crippen LogP contribution in [0.5, 0.6) is 11.5 Å². The summed E-state index contributed by atoms with van der Waals surface area (Å²) in [5, 5.41) is 7.83. The molecule has 0 saturated heterocycles. The second-order valence-corrected chi connectivity index (χ2v) is 8.60. The number of benzene rings is 3. The summed E-state index contributed by atoms with van der Waals surface area (Å²) < 4.78 is 13.2. The van der Waals surface area contributed by atoms with E-state index in [2.05, 4.69) is 10.4 Å². The van der Waals surface area contributed by atoms with E-state index < -0.39 is 11.6 Å². The van der Waals surface area contributed by atoms with E-state index in [1.165, 1.54) is 23.3 Å². The topological polar surface area (TPSA) is 99.7 Å². The van der Waals surface area contributed by atoms with Crippen molar-refractivity contribution in [1.29, 1.82) is 0 Å². The van der Waals surface area contributed by atoms with Gasteiger partial charge in [-0.25, -0.2) is 18.9 Å². The number of nitrogens with zero attached hydrogens (tertiary/aromatic N) is 4. The molecule has 35 heavy (non-hydrogen) atoms. The standard InChI is InChI=1S/C25H21N5O4S/c1-33-16-12-13-19(21(14-16)34-2)26-22(31)15-29-25(32)30-20-11-7-6-10-18(20)27-24(23(30)28-29)35-17-8-4-3-5-9-17/h3-14H,15H2,1-2H3,(H,26,31). The summed E-state index contributed by atoms with van der Waals surface area (Å²) in [6.07, 6.45) is 0. The zero-order chi connectivity index (χ0) is 24.4. The number of methoxy groups -OCH3 is 2. The van der Waals surface area contributed by atoms with Gasteiger partial charge < -0.3 is 14.8 Å². The normalized spacial score (nSPS) is 11.0. The minimum atomic E-state index is -0.426. The van der Waals surface area contributed by atoms with Gasteiger partial charge in [-0.3, -0.25) is 4.79 Å². The molecule has 5 aromatic rings. The molecule has 0 aliphatic heterocycles. The van der Waals surface area contributed by atoms with Gasteiger partial charge in [0.25, 0.3) is 0 Å². The van der Waals surface area contributed by atoms with Crippen molar-refractivity contribution in [2.24, 2.45) is 0 Å². The zero-order valence-electron chi connectivity index (χ0n) is 19.0. The molecule has 0 unspecified atom stereocenters. The number of nitrogens with one attached hydrogen (secondary N) is 1. The highest BCUT2D eigenvalue weighted by Crippen LogP contribution is 2.31. The first kappa shape index (κ1) is 22.5. The van der Waals surface area contributed by atoms with E-state index in [4.69, 9.17) is 14.5 Å². The molecule has 1 amide bonds. The van der Waals surface area contributed by atoms with Gasteiger partial charge in [0.2, 0.25) is 5.91 Å². The third kappa shape index (κ3) is 4.43. The van der Waals surface area contributed by atoms with Crippen LogP contribution in [0.3, 0.4) is 0 Å². The number of hydrogen-bond donors (Lipinski definition) is 1. The molecule has 0 bridgehead atoms. The highest BCUT2D eigenvalue weighted by atomic mass is 32.2. The van der Waals surface area contributed by atoms with Crippen LogP contribution in [0.4, 0.5) is 5.69 Å². The van der Waals surface area contributed by atoms with E-state index in [9.17, 15) is 9.59 Å². The third-order valence-corrected chi connectivity index (χ3v) is 6.28. The van der Waals surface area contributed by atoms with Gasteiger partial charge in [-0.2, -0.15) is 0 Å². The Bertz CT molecular complexity index is 1600. The third-order valence-electron chi connectivity index (χ3n) is 5.31. The number of ether oxygens (including phenoxy) is 2. The zero-order valence-corrected chi connectivity index (χ0v) is 19.8. The number of carbonyl (C=O) groups is 1. The largest absolute Gasteiger partial charge is 0.497 e. The number of aromatic nitrogens is 4. The number of para-hydroxylation sites is 2. The SMILES string of the molecule is COc1ccc(NC(=O)Cn2nc3c(Sc4ccccc4)nc4ccccc4n3c2=O)c(OC)c1. The Morgan fingerprint density at radius 2 is 1.77 bits per heavy atom. The lowest BCUT2D eigenvalue weighted by molar-refractivity contribution is -0.117. The van der Waals surface area contributed by atoms with Crippen molar-refractivity contribution in [2.75, 3.05) is 19.5 Å². The molecular weight excluding hydrogens is 466 g/mol. The average Bonchev–Trinajstić information content (AvgIpc) is 3.21. The minimum absolute atomic E-state index is 0.278. The van der Waals surface area contributed by atoms with E-state index in [1.807, 2.05) is 54.6 Å². The molecule has 9 nitrogen and oxygen atoms in total. The van der Waals surface area contributed by atoms with Gasteiger partial charge in [0, 0.05) is 11.0 Å². The molecule has 10 heteroatoms.